The molecule has 0 N–H and O–H groups in total. The van der Waals surface area contributed by atoms with Crippen molar-refractivity contribution in [2.45, 2.75) is 44.7 Å². The lowest BCUT2D eigenvalue weighted by Gasteiger charge is -2.40. The number of anilines is 2. The van der Waals surface area contributed by atoms with Crippen LogP contribution in [0.2, 0.25) is 5.15 Å². The standard InChI is InChI=1S/C19H21ClF3N5O2/c1-12-11-30-7-6-26(12)16-9-17(29)27-5-3-14(19(21,22)23)28(18(27)25-16)10-13-2-4-24-15(20)8-13/h2,4,8-9,12,14H,3,5-7,10-11H2,1H3/t12-,14+/m1/s1. The van der Waals surface area contributed by atoms with Gasteiger partial charge in [-0.15, -0.1) is 0 Å². The Morgan fingerprint density at radius 3 is 2.80 bits per heavy atom. The first kappa shape index (κ1) is 20.9. The number of aromatic nitrogens is 3. The number of ether oxygens (including phenoxy) is 1. The molecule has 2 aromatic heterocycles. The van der Waals surface area contributed by atoms with E-state index in [9.17, 15) is 18.0 Å². The molecule has 1 fully saturated rings. The van der Waals surface area contributed by atoms with Crippen LogP contribution in [0.25, 0.3) is 0 Å². The van der Waals surface area contributed by atoms with Gasteiger partial charge in [-0.05, 0) is 31.0 Å². The number of rotatable bonds is 3. The van der Waals surface area contributed by atoms with Gasteiger partial charge in [-0.3, -0.25) is 9.36 Å². The van der Waals surface area contributed by atoms with Crippen molar-refractivity contribution in [3.05, 3.63) is 45.5 Å². The topological polar surface area (TPSA) is 63.5 Å². The van der Waals surface area contributed by atoms with Gasteiger partial charge in [0.2, 0.25) is 5.95 Å². The fraction of sp³-hybridized carbons (Fsp3) is 0.526. The van der Waals surface area contributed by atoms with Gasteiger partial charge in [0, 0.05) is 31.9 Å². The second-order valence-corrected chi connectivity index (χ2v) is 7.87. The summed E-state index contributed by atoms with van der Waals surface area (Å²) in [5, 5.41) is 0.189. The number of nitrogens with zero attached hydrogens (tertiary/aromatic N) is 5. The molecule has 0 aliphatic carbocycles. The Balaban J connectivity index is 1.79. The van der Waals surface area contributed by atoms with Gasteiger partial charge in [0.25, 0.3) is 5.56 Å². The van der Waals surface area contributed by atoms with Gasteiger partial charge in [0.1, 0.15) is 17.0 Å². The van der Waals surface area contributed by atoms with Crippen LogP contribution in [0.3, 0.4) is 0 Å². The van der Waals surface area contributed by atoms with Crippen molar-refractivity contribution >= 4 is 23.4 Å². The number of alkyl halides is 3. The third-order valence-corrected chi connectivity index (χ3v) is 5.62. The molecule has 0 spiro atoms. The number of fused-ring (bicyclic) bond motifs is 1. The first-order valence-corrected chi connectivity index (χ1v) is 10.0. The average molecular weight is 444 g/mol. The Hall–Kier alpha value is -2.33. The van der Waals surface area contributed by atoms with Gasteiger partial charge in [-0.25, -0.2) is 4.98 Å². The molecule has 2 atom stereocenters. The van der Waals surface area contributed by atoms with Crippen molar-refractivity contribution in [3.63, 3.8) is 0 Å². The Morgan fingerprint density at radius 2 is 2.10 bits per heavy atom. The number of hydrogen-bond acceptors (Lipinski definition) is 6. The molecule has 2 aliphatic heterocycles. The fourth-order valence-corrected chi connectivity index (χ4v) is 4.13. The van der Waals surface area contributed by atoms with Crippen molar-refractivity contribution in [2.24, 2.45) is 0 Å². The van der Waals surface area contributed by atoms with Crippen LogP contribution < -0.4 is 15.4 Å². The zero-order valence-corrected chi connectivity index (χ0v) is 17.0. The second-order valence-electron chi connectivity index (χ2n) is 7.48. The highest BCUT2D eigenvalue weighted by Crippen LogP contribution is 2.35. The zero-order chi connectivity index (χ0) is 21.5. The molecule has 0 unspecified atom stereocenters. The minimum atomic E-state index is -4.47. The average Bonchev–Trinajstić information content (AvgIpc) is 2.68. The van der Waals surface area contributed by atoms with E-state index in [-0.39, 0.29) is 42.2 Å². The molecule has 0 radical (unpaired) electrons. The molecule has 7 nitrogen and oxygen atoms in total. The highest BCUT2D eigenvalue weighted by atomic mass is 35.5. The summed E-state index contributed by atoms with van der Waals surface area (Å²) in [6, 6.07) is 2.71. The lowest BCUT2D eigenvalue weighted by molar-refractivity contribution is -0.153. The van der Waals surface area contributed by atoms with Crippen molar-refractivity contribution in [3.8, 4) is 0 Å². The van der Waals surface area contributed by atoms with E-state index in [4.69, 9.17) is 16.3 Å². The highest BCUT2D eigenvalue weighted by molar-refractivity contribution is 6.29. The summed E-state index contributed by atoms with van der Waals surface area (Å²) in [4.78, 5) is 24.2. The number of pyridine rings is 1. The quantitative estimate of drug-likeness (QED) is 0.680. The molecular formula is C19H21ClF3N5O2. The highest BCUT2D eigenvalue weighted by Gasteiger charge is 2.47. The predicted octanol–water partition coefficient (Wildman–Crippen LogP) is 2.86. The number of morpholine rings is 1. The molecule has 30 heavy (non-hydrogen) atoms. The lowest BCUT2D eigenvalue weighted by Crippen LogP contribution is -2.52. The summed E-state index contributed by atoms with van der Waals surface area (Å²) in [5.74, 6) is 0.375. The predicted molar refractivity (Wildman–Crippen MR) is 106 cm³/mol. The molecule has 0 bridgehead atoms. The first-order valence-electron chi connectivity index (χ1n) is 9.64. The molecule has 4 heterocycles. The summed E-state index contributed by atoms with van der Waals surface area (Å²) in [5.41, 5.74) is 0.184. The zero-order valence-electron chi connectivity index (χ0n) is 16.3. The Labute approximate surface area is 176 Å². The van der Waals surface area contributed by atoms with E-state index < -0.39 is 12.2 Å². The van der Waals surface area contributed by atoms with Crippen LogP contribution in [0, 0.1) is 0 Å². The van der Waals surface area contributed by atoms with Crippen molar-refractivity contribution in [2.75, 3.05) is 29.6 Å². The molecule has 11 heteroatoms. The molecule has 162 valence electrons. The van der Waals surface area contributed by atoms with E-state index in [0.29, 0.717) is 31.1 Å². The molecule has 0 aromatic carbocycles. The summed E-state index contributed by atoms with van der Waals surface area (Å²) in [6.45, 7) is 3.23. The maximum Gasteiger partial charge on any atom is 0.408 e. The van der Waals surface area contributed by atoms with Crippen molar-refractivity contribution in [1.82, 2.24) is 14.5 Å². The van der Waals surface area contributed by atoms with Gasteiger partial charge in [-0.2, -0.15) is 18.2 Å². The maximum atomic E-state index is 13.9. The van der Waals surface area contributed by atoms with E-state index in [2.05, 4.69) is 9.97 Å². The van der Waals surface area contributed by atoms with Gasteiger partial charge < -0.3 is 14.5 Å². The van der Waals surface area contributed by atoms with Crippen LogP contribution in [-0.2, 0) is 17.8 Å². The smallest absolute Gasteiger partial charge is 0.377 e. The van der Waals surface area contributed by atoms with Gasteiger partial charge in [-0.1, -0.05) is 11.6 Å². The largest absolute Gasteiger partial charge is 0.408 e. The van der Waals surface area contributed by atoms with E-state index in [0.717, 1.165) is 4.90 Å². The van der Waals surface area contributed by atoms with Gasteiger partial charge in [0.05, 0.1) is 19.3 Å². The summed E-state index contributed by atoms with van der Waals surface area (Å²) >= 11 is 5.92. The molecule has 0 amide bonds. The molecular weight excluding hydrogens is 423 g/mol. The molecule has 2 aliphatic rings. The monoisotopic (exact) mass is 443 g/mol. The third kappa shape index (κ3) is 4.11. The summed E-state index contributed by atoms with van der Waals surface area (Å²) < 4.78 is 48.3. The second kappa shape index (κ2) is 8.07. The van der Waals surface area contributed by atoms with E-state index in [1.807, 2.05) is 11.8 Å². The minimum Gasteiger partial charge on any atom is -0.377 e. The number of halogens is 4. The van der Waals surface area contributed by atoms with Crippen LogP contribution in [0.15, 0.2) is 29.2 Å². The van der Waals surface area contributed by atoms with Crippen LogP contribution in [0.4, 0.5) is 24.9 Å². The number of hydrogen-bond donors (Lipinski definition) is 0. The SMILES string of the molecule is C[C@@H]1COCCN1c1cc(=O)n2c(n1)N(Cc1ccnc(Cl)c1)[C@H](C(F)(F)F)CC2. The van der Waals surface area contributed by atoms with Crippen LogP contribution in [0.5, 0.6) is 0 Å². The molecule has 1 saturated heterocycles. The Morgan fingerprint density at radius 1 is 1.30 bits per heavy atom. The van der Waals surface area contributed by atoms with Crippen LogP contribution in [0.1, 0.15) is 18.9 Å². The molecule has 0 saturated carbocycles. The first-order chi connectivity index (χ1) is 14.2. The molecule has 2 aromatic rings. The van der Waals surface area contributed by atoms with E-state index >= 15 is 0 Å². The lowest BCUT2D eigenvalue weighted by atomic mass is 10.1. The van der Waals surface area contributed by atoms with Crippen LogP contribution >= 0.6 is 11.6 Å². The molecule has 4 rings (SSSR count). The van der Waals surface area contributed by atoms with E-state index in [1.165, 1.54) is 22.9 Å². The fourth-order valence-electron chi connectivity index (χ4n) is 3.93. The maximum absolute atomic E-state index is 13.9. The van der Waals surface area contributed by atoms with Gasteiger partial charge >= 0.3 is 6.18 Å². The van der Waals surface area contributed by atoms with Gasteiger partial charge in [0.15, 0.2) is 0 Å². The van der Waals surface area contributed by atoms with Crippen molar-refractivity contribution in [1.29, 1.82) is 0 Å². The summed E-state index contributed by atoms with van der Waals surface area (Å²) in [7, 11) is 0. The van der Waals surface area contributed by atoms with Crippen LogP contribution in [-0.4, -0.2) is 52.6 Å². The third-order valence-electron chi connectivity index (χ3n) is 5.42. The minimum absolute atomic E-state index is 0.0118. The Bertz CT molecular complexity index is 983. The Kier molecular flexibility index (Phi) is 5.63. The normalized spacial score (nSPS) is 22.2. The van der Waals surface area contributed by atoms with Crippen molar-refractivity contribution < 1.29 is 17.9 Å². The summed E-state index contributed by atoms with van der Waals surface area (Å²) in [6.07, 6.45) is -3.26. The van der Waals surface area contributed by atoms with E-state index in [1.54, 1.807) is 6.07 Å².